The number of nitrogens with one attached hydrogen (secondary N) is 1. The summed E-state index contributed by atoms with van der Waals surface area (Å²) in [4.78, 5) is 36.4. The first-order valence-corrected chi connectivity index (χ1v) is 8.26. The monoisotopic (exact) mass is 368 g/mol. The van der Waals surface area contributed by atoms with Crippen LogP contribution in [0.4, 0.5) is 11.8 Å². The summed E-state index contributed by atoms with van der Waals surface area (Å²) in [6.45, 7) is 5.41. The van der Waals surface area contributed by atoms with Gasteiger partial charge in [0, 0.05) is 29.7 Å². The van der Waals surface area contributed by atoms with Crippen LogP contribution < -0.4 is 16.6 Å². The Morgan fingerprint density at radius 2 is 1.96 bits per heavy atom. The van der Waals surface area contributed by atoms with Crippen LogP contribution in [0, 0.1) is 0 Å². The second-order valence-electron chi connectivity index (χ2n) is 7.17. The van der Waals surface area contributed by atoms with Crippen molar-refractivity contribution in [2.24, 2.45) is 0 Å². The van der Waals surface area contributed by atoms with E-state index in [0.29, 0.717) is 27.8 Å². The highest BCUT2D eigenvalue weighted by Gasteiger charge is 2.18. The van der Waals surface area contributed by atoms with Crippen LogP contribution in [-0.2, 0) is 11.3 Å². The number of nitrogens with zero attached hydrogens (tertiary/aromatic N) is 4. The molecule has 0 atom stereocenters. The van der Waals surface area contributed by atoms with Gasteiger partial charge in [-0.2, -0.15) is 0 Å². The highest BCUT2D eigenvalue weighted by molar-refractivity contribution is 5.94. The summed E-state index contributed by atoms with van der Waals surface area (Å²) in [5, 5.41) is 13.2. The van der Waals surface area contributed by atoms with Gasteiger partial charge in [-0.05, 0) is 38.3 Å². The summed E-state index contributed by atoms with van der Waals surface area (Å²) in [6, 6.07) is 3.43. The van der Waals surface area contributed by atoms with Crippen LogP contribution in [0.25, 0.3) is 22.0 Å². The summed E-state index contributed by atoms with van der Waals surface area (Å²) in [6.07, 6.45) is 4.58. The molecule has 140 valence electrons. The highest BCUT2D eigenvalue weighted by atomic mass is 16.4. The molecule has 0 bridgehead atoms. The molecule has 3 aromatic heterocycles. The standard InChI is InChI=1S/C18H20N6O3/c1-18(2,3)23-15-14-10(4-5-24(16(14)27)9-13(25)26)6-12(22-15)11-7-20-17(19)21-8-11/h4-8H,9H2,1-3H3,(H,22,23)(H,25,26)(H2,19,20,21). The predicted molar refractivity (Wildman–Crippen MR) is 102 cm³/mol. The van der Waals surface area contributed by atoms with E-state index in [0.717, 1.165) is 4.57 Å². The molecule has 0 aliphatic carbocycles. The van der Waals surface area contributed by atoms with E-state index in [1.165, 1.54) is 6.20 Å². The molecule has 0 aromatic carbocycles. The zero-order chi connectivity index (χ0) is 19.8. The van der Waals surface area contributed by atoms with E-state index < -0.39 is 18.1 Å². The molecule has 0 unspecified atom stereocenters. The maximum absolute atomic E-state index is 12.8. The number of anilines is 2. The van der Waals surface area contributed by atoms with Gasteiger partial charge in [0.05, 0.1) is 11.1 Å². The molecular weight excluding hydrogens is 348 g/mol. The number of nitrogens with two attached hydrogens (primary N) is 1. The van der Waals surface area contributed by atoms with Crippen molar-refractivity contribution < 1.29 is 9.90 Å². The molecule has 0 saturated carbocycles. The number of hydrogen-bond donors (Lipinski definition) is 3. The van der Waals surface area contributed by atoms with E-state index >= 15 is 0 Å². The third-order valence-corrected chi connectivity index (χ3v) is 3.73. The maximum Gasteiger partial charge on any atom is 0.323 e. The molecule has 0 aliphatic heterocycles. The van der Waals surface area contributed by atoms with E-state index in [1.807, 2.05) is 20.8 Å². The van der Waals surface area contributed by atoms with Crippen molar-refractivity contribution in [3.63, 3.8) is 0 Å². The fraction of sp³-hybridized carbons (Fsp3) is 0.278. The highest BCUT2D eigenvalue weighted by Crippen LogP contribution is 2.27. The number of carbonyl (C=O) groups is 1. The van der Waals surface area contributed by atoms with E-state index in [2.05, 4.69) is 20.3 Å². The zero-order valence-electron chi connectivity index (χ0n) is 15.2. The molecule has 0 fully saturated rings. The van der Waals surface area contributed by atoms with Crippen molar-refractivity contribution in [3.8, 4) is 11.3 Å². The van der Waals surface area contributed by atoms with Crippen molar-refractivity contribution >= 4 is 28.5 Å². The number of rotatable bonds is 4. The lowest BCUT2D eigenvalue weighted by molar-refractivity contribution is -0.137. The Morgan fingerprint density at radius 3 is 2.56 bits per heavy atom. The first-order chi connectivity index (χ1) is 12.6. The lowest BCUT2D eigenvalue weighted by atomic mass is 10.1. The summed E-state index contributed by atoms with van der Waals surface area (Å²) < 4.78 is 1.15. The number of carboxylic acid groups (broad SMARTS) is 1. The minimum atomic E-state index is -1.09. The molecule has 0 amide bonds. The van der Waals surface area contributed by atoms with Crippen LogP contribution in [-0.4, -0.2) is 36.1 Å². The van der Waals surface area contributed by atoms with Gasteiger partial charge >= 0.3 is 5.97 Å². The largest absolute Gasteiger partial charge is 0.480 e. The SMILES string of the molecule is CC(C)(C)Nc1nc(-c2cnc(N)nc2)cc2ccn(CC(=O)O)c(=O)c12. The van der Waals surface area contributed by atoms with E-state index in [4.69, 9.17) is 10.8 Å². The van der Waals surface area contributed by atoms with Crippen molar-refractivity contribution in [2.45, 2.75) is 32.9 Å². The van der Waals surface area contributed by atoms with Crippen molar-refractivity contribution in [1.29, 1.82) is 0 Å². The second kappa shape index (κ2) is 6.67. The Labute approximate surface area is 154 Å². The Kier molecular flexibility index (Phi) is 4.52. The van der Waals surface area contributed by atoms with Gasteiger partial charge in [-0.1, -0.05) is 0 Å². The fourth-order valence-electron chi connectivity index (χ4n) is 2.64. The minimum absolute atomic E-state index is 0.157. The Bertz CT molecular complexity index is 1070. The van der Waals surface area contributed by atoms with Crippen molar-refractivity contribution in [1.82, 2.24) is 19.5 Å². The van der Waals surface area contributed by atoms with Gasteiger partial charge in [-0.15, -0.1) is 0 Å². The number of fused-ring (bicyclic) bond motifs is 1. The van der Waals surface area contributed by atoms with Crippen LogP contribution in [0.3, 0.4) is 0 Å². The molecule has 3 rings (SSSR count). The lowest BCUT2D eigenvalue weighted by Crippen LogP contribution is -2.29. The minimum Gasteiger partial charge on any atom is -0.480 e. The molecule has 4 N–H and O–H groups in total. The van der Waals surface area contributed by atoms with Gasteiger partial charge in [0.15, 0.2) is 0 Å². The summed E-state index contributed by atoms with van der Waals surface area (Å²) in [5.74, 6) is -0.564. The number of aliphatic carboxylic acids is 1. The third-order valence-electron chi connectivity index (χ3n) is 3.73. The molecule has 9 heteroatoms. The molecule has 3 heterocycles. The van der Waals surface area contributed by atoms with Crippen LogP contribution in [0.1, 0.15) is 20.8 Å². The average molecular weight is 368 g/mol. The molecule has 9 nitrogen and oxygen atoms in total. The Hall–Kier alpha value is -3.49. The number of pyridine rings is 2. The van der Waals surface area contributed by atoms with Gasteiger partial charge in [0.2, 0.25) is 5.95 Å². The quantitative estimate of drug-likeness (QED) is 0.633. The van der Waals surface area contributed by atoms with Crippen LogP contribution in [0.15, 0.2) is 35.5 Å². The molecule has 0 spiro atoms. The van der Waals surface area contributed by atoms with Gasteiger partial charge in [0.25, 0.3) is 5.56 Å². The summed E-state index contributed by atoms with van der Waals surface area (Å²) in [5.41, 5.74) is 5.98. The van der Waals surface area contributed by atoms with E-state index in [9.17, 15) is 9.59 Å². The fourth-order valence-corrected chi connectivity index (χ4v) is 2.64. The van der Waals surface area contributed by atoms with Gasteiger partial charge in [-0.3, -0.25) is 9.59 Å². The number of carboxylic acids is 1. The van der Waals surface area contributed by atoms with Crippen molar-refractivity contribution in [3.05, 3.63) is 41.1 Å². The first-order valence-electron chi connectivity index (χ1n) is 8.26. The average Bonchev–Trinajstić information content (AvgIpc) is 2.56. The van der Waals surface area contributed by atoms with Gasteiger partial charge in [0.1, 0.15) is 12.4 Å². The molecule has 0 radical (unpaired) electrons. The zero-order valence-corrected chi connectivity index (χ0v) is 15.2. The predicted octanol–water partition coefficient (Wildman–Crippen LogP) is 1.73. The number of hydrogen-bond acceptors (Lipinski definition) is 7. The maximum atomic E-state index is 12.8. The van der Waals surface area contributed by atoms with Crippen molar-refractivity contribution in [2.75, 3.05) is 11.1 Å². The molecular formula is C18H20N6O3. The lowest BCUT2D eigenvalue weighted by Gasteiger charge is -2.23. The van der Waals surface area contributed by atoms with Crippen LogP contribution >= 0.6 is 0 Å². The molecule has 3 aromatic rings. The molecule has 0 aliphatic rings. The third kappa shape index (κ3) is 4.02. The van der Waals surface area contributed by atoms with Gasteiger partial charge < -0.3 is 20.7 Å². The van der Waals surface area contributed by atoms with E-state index in [1.54, 1.807) is 24.5 Å². The van der Waals surface area contributed by atoms with Gasteiger partial charge in [-0.25, -0.2) is 15.0 Å². The topological polar surface area (TPSA) is 136 Å². The molecule has 0 saturated heterocycles. The summed E-state index contributed by atoms with van der Waals surface area (Å²) >= 11 is 0. The van der Waals surface area contributed by atoms with E-state index in [-0.39, 0.29) is 11.5 Å². The number of aromatic nitrogens is 4. The molecule has 27 heavy (non-hydrogen) atoms. The number of nitrogen functional groups attached to an aromatic ring is 1. The smallest absolute Gasteiger partial charge is 0.323 e. The first kappa shape index (κ1) is 18.3. The van der Waals surface area contributed by atoms with Crippen LogP contribution in [0.5, 0.6) is 0 Å². The Morgan fingerprint density at radius 1 is 1.30 bits per heavy atom. The van der Waals surface area contributed by atoms with Crippen LogP contribution in [0.2, 0.25) is 0 Å². The second-order valence-corrected chi connectivity index (χ2v) is 7.17. The Balaban J connectivity index is 2.26. The summed E-state index contributed by atoms with van der Waals surface area (Å²) in [7, 11) is 0. The normalized spacial score (nSPS) is 11.5.